The monoisotopic (exact) mass is 322 g/mol. The van der Waals surface area contributed by atoms with E-state index in [1.807, 2.05) is 12.1 Å². The van der Waals surface area contributed by atoms with Crippen LogP contribution in [-0.2, 0) is 22.0 Å². The molecule has 2 N–H and O–H groups in total. The molecule has 1 aromatic rings. The average Bonchev–Trinajstić information content (AvgIpc) is 2.35. The van der Waals surface area contributed by atoms with E-state index in [4.69, 9.17) is 5.11 Å². The molecule has 0 saturated carbocycles. The van der Waals surface area contributed by atoms with Crippen molar-refractivity contribution >= 4 is 5.97 Å². The Hall–Kier alpha value is -1.51. The first-order chi connectivity index (χ1) is 10.3. The van der Waals surface area contributed by atoms with E-state index in [1.165, 1.54) is 6.42 Å². The molecular weight excluding hydrogens is 288 g/mol. The van der Waals surface area contributed by atoms with Crippen LogP contribution in [0, 0.1) is 0 Å². The normalized spacial score (nSPS) is 11.7. The topological polar surface area (TPSA) is 57.5 Å². The number of hydrogen-bond donors (Lipinski definition) is 2. The third kappa shape index (κ3) is 7.06. The van der Waals surface area contributed by atoms with E-state index in [-0.39, 0.29) is 17.3 Å². The van der Waals surface area contributed by atoms with Crippen molar-refractivity contribution in [3.63, 3.8) is 0 Å². The Bertz CT molecular complexity index is 482. The highest BCUT2D eigenvalue weighted by Gasteiger charge is 2.26. The summed E-state index contributed by atoms with van der Waals surface area (Å²) in [4.78, 5) is 10.8. The molecule has 1 aromatic carbocycles. The lowest BCUT2D eigenvalue weighted by Gasteiger charge is -2.28. The van der Waals surface area contributed by atoms with Crippen LogP contribution in [0.4, 0.5) is 0 Å². The molecule has 0 amide bonds. The summed E-state index contributed by atoms with van der Waals surface area (Å²) in [7, 11) is 0. The minimum Gasteiger partial charge on any atom is -0.507 e. The van der Waals surface area contributed by atoms with E-state index in [0.29, 0.717) is 12.2 Å². The number of rotatable bonds is 3. The third-order valence-electron chi connectivity index (χ3n) is 3.41. The summed E-state index contributed by atoms with van der Waals surface area (Å²) in [5.74, 6) is -0.461. The predicted octanol–water partition coefficient (Wildman–Crippen LogP) is 5.42. The SMILES string of the molecule is CC(C)(C)c1cc(CCC(=O)O)cc(C(C)(C)C)c1O.CCC. The summed E-state index contributed by atoms with van der Waals surface area (Å²) in [6.45, 7) is 16.6. The molecule has 3 heteroatoms. The minimum atomic E-state index is -0.798. The summed E-state index contributed by atoms with van der Waals surface area (Å²) in [6.07, 6.45) is 1.85. The van der Waals surface area contributed by atoms with Crippen LogP contribution in [0.15, 0.2) is 12.1 Å². The maximum Gasteiger partial charge on any atom is 0.303 e. The molecule has 23 heavy (non-hydrogen) atoms. The molecule has 0 aliphatic rings. The van der Waals surface area contributed by atoms with Gasteiger partial charge in [-0.3, -0.25) is 4.79 Å². The zero-order chi connectivity index (χ0) is 18.4. The highest BCUT2D eigenvalue weighted by atomic mass is 16.4. The average molecular weight is 322 g/mol. The second-order valence-corrected chi connectivity index (χ2v) is 8.14. The fourth-order valence-electron chi connectivity index (χ4n) is 2.23. The molecule has 0 unspecified atom stereocenters. The first-order valence-corrected chi connectivity index (χ1v) is 8.43. The lowest BCUT2D eigenvalue weighted by Crippen LogP contribution is -2.18. The van der Waals surface area contributed by atoms with Gasteiger partial charge in [0.15, 0.2) is 0 Å². The first kappa shape index (κ1) is 21.5. The highest BCUT2D eigenvalue weighted by Crippen LogP contribution is 2.39. The van der Waals surface area contributed by atoms with E-state index in [0.717, 1.165) is 16.7 Å². The largest absolute Gasteiger partial charge is 0.507 e. The van der Waals surface area contributed by atoms with Crippen molar-refractivity contribution in [1.82, 2.24) is 0 Å². The smallest absolute Gasteiger partial charge is 0.303 e. The number of aromatic hydroxyl groups is 1. The van der Waals surface area contributed by atoms with E-state index in [9.17, 15) is 9.90 Å². The molecule has 0 fully saturated rings. The fourth-order valence-corrected chi connectivity index (χ4v) is 2.23. The number of carboxylic acids is 1. The molecule has 0 bridgehead atoms. The quantitative estimate of drug-likeness (QED) is 0.781. The van der Waals surface area contributed by atoms with Crippen LogP contribution in [-0.4, -0.2) is 16.2 Å². The van der Waals surface area contributed by atoms with Crippen LogP contribution >= 0.6 is 0 Å². The molecule has 0 radical (unpaired) electrons. The van der Waals surface area contributed by atoms with Crippen molar-refractivity contribution in [2.24, 2.45) is 0 Å². The molecule has 0 atom stereocenters. The van der Waals surface area contributed by atoms with Crippen LogP contribution in [0.25, 0.3) is 0 Å². The second-order valence-electron chi connectivity index (χ2n) is 8.14. The van der Waals surface area contributed by atoms with Gasteiger partial charge in [0, 0.05) is 6.42 Å². The van der Waals surface area contributed by atoms with Crippen molar-refractivity contribution in [2.75, 3.05) is 0 Å². The number of carbonyl (C=O) groups is 1. The second kappa shape index (κ2) is 8.37. The highest BCUT2D eigenvalue weighted by molar-refractivity contribution is 5.67. The minimum absolute atomic E-state index is 0.109. The Labute approximate surface area is 141 Å². The Morgan fingerprint density at radius 3 is 1.57 bits per heavy atom. The van der Waals surface area contributed by atoms with E-state index in [2.05, 4.69) is 55.4 Å². The molecule has 132 valence electrons. The van der Waals surface area contributed by atoms with Gasteiger partial charge in [-0.1, -0.05) is 73.9 Å². The summed E-state index contributed by atoms with van der Waals surface area (Å²) < 4.78 is 0. The van der Waals surface area contributed by atoms with Crippen molar-refractivity contribution in [2.45, 2.75) is 85.5 Å². The van der Waals surface area contributed by atoms with Crippen molar-refractivity contribution in [3.05, 3.63) is 28.8 Å². The maximum absolute atomic E-state index is 10.8. The van der Waals surface area contributed by atoms with Gasteiger partial charge in [0.2, 0.25) is 0 Å². The standard InChI is InChI=1S/C17H26O3.C3H8/c1-16(2,3)12-9-11(7-8-14(18)19)10-13(15(12)20)17(4,5)6;1-3-2/h9-10,20H,7-8H2,1-6H3,(H,18,19);3H2,1-2H3. The number of aliphatic carboxylic acids is 1. The van der Waals surface area contributed by atoms with Crippen LogP contribution in [0.1, 0.15) is 84.9 Å². The van der Waals surface area contributed by atoms with Gasteiger partial charge in [-0.15, -0.1) is 0 Å². The van der Waals surface area contributed by atoms with E-state index >= 15 is 0 Å². The number of benzene rings is 1. The van der Waals surface area contributed by atoms with E-state index < -0.39 is 5.97 Å². The molecule has 3 nitrogen and oxygen atoms in total. The summed E-state index contributed by atoms with van der Waals surface area (Å²) in [5, 5.41) is 19.4. The van der Waals surface area contributed by atoms with Crippen LogP contribution < -0.4 is 0 Å². The van der Waals surface area contributed by atoms with Gasteiger partial charge >= 0.3 is 5.97 Å². The van der Waals surface area contributed by atoms with Gasteiger partial charge < -0.3 is 10.2 Å². The van der Waals surface area contributed by atoms with Gasteiger partial charge in [0.25, 0.3) is 0 Å². The maximum atomic E-state index is 10.8. The summed E-state index contributed by atoms with van der Waals surface area (Å²) in [5.41, 5.74) is 2.38. The number of phenols is 1. The van der Waals surface area contributed by atoms with Crippen LogP contribution in [0.5, 0.6) is 5.75 Å². The van der Waals surface area contributed by atoms with Crippen LogP contribution in [0.2, 0.25) is 0 Å². The molecule has 0 saturated heterocycles. The molecule has 0 heterocycles. The first-order valence-electron chi connectivity index (χ1n) is 8.43. The fraction of sp³-hybridized carbons (Fsp3) is 0.650. The van der Waals surface area contributed by atoms with Gasteiger partial charge in [-0.2, -0.15) is 0 Å². The summed E-state index contributed by atoms with van der Waals surface area (Å²) in [6, 6.07) is 3.88. The zero-order valence-electron chi connectivity index (χ0n) is 16.1. The lowest BCUT2D eigenvalue weighted by molar-refractivity contribution is -0.136. The Balaban J connectivity index is 0.00000149. The number of phenolic OH excluding ortho intramolecular Hbond substituents is 1. The molecule has 0 aliphatic carbocycles. The van der Waals surface area contributed by atoms with Gasteiger partial charge in [-0.05, 0) is 33.9 Å². The Morgan fingerprint density at radius 1 is 0.957 bits per heavy atom. The van der Waals surface area contributed by atoms with Gasteiger partial charge in [0.1, 0.15) is 5.75 Å². The molecule has 0 aromatic heterocycles. The zero-order valence-corrected chi connectivity index (χ0v) is 16.1. The summed E-state index contributed by atoms with van der Waals surface area (Å²) >= 11 is 0. The van der Waals surface area contributed by atoms with Crippen molar-refractivity contribution in [3.8, 4) is 5.75 Å². The Kier molecular flexibility index (Phi) is 7.82. The predicted molar refractivity (Wildman–Crippen MR) is 97.4 cm³/mol. The molecule has 0 spiro atoms. The van der Waals surface area contributed by atoms with Crippen LogP contribution in [0.3, 0.4) is 0 Å². The third-order valence-corrected chi connectivity index (χ3v) is 3.41. The van der Waals surface area contributed by atoms with Gasteiger partial charge in [0.05, 0.1) is 0 Å². The lowest BCUT2D eigenvalue weighted by atomic mass is 9.78. The van der Waals surface area contributed by atoms with Gasteiger partial charge in [-0.25, -0.2) is 0 Å². The number of hydrogen-bond acceptors (Lipinski definition) is 2. The molecular formula is C20H34O3. The van der Waals surface area contributed by atoms with E-state index in [1.54, 1.807) is 0 Å². The molecule has 0 aliphatic heterocycles. The van der Waals surface area contributed by atoms with Crippen molar-refractivity contribution < 1.29 is 15.0 Å². The Morgan fingerprint density at radius 2 is 1.30 bits per heavy atom. The molecule has 1 rings (SSSR count). The number of carboxylic acid groups (broad SMARTS) is 1. The van der Waals surface area contributed by atoms with Crippen molar-refractivity contribution in [1.29, 1.82) is 0 Å². The number of aryl methyl sites for hydroxylation is 1.